The number of ether oxygens (including phenoxy) is 2. The summed E-state index contributed by atoms with van der Waals surface area (Å²) in [6.07, 6.45) is 2.10. The Morgan fingerprint density at radius 3 is 2.73 bits per heavy atom. The van der Waals surface area contributed by atoms with Gasteiger partial charge in [0.15, 0.2) is 0 Å². The summed E-state index contributed by atoms with van der Waals surface area (Å²) in [5.41, 5.74) is -0.107. The number of morpholine rings is 1. The molecular formula is C21H19Cl2N5O4S. The van der Waals surface area contributed by atoms with Crippen LogP contribution in [0.25, 0.3) is 0 Å². The SMILES string of the molecule is N#CN=C1COCCN1c1ccc(NC(=O)C2(NC(=O)c3ccc(Cl)s3)CCOC2)cc1Cl. The van der Waals surface area contributed by atoms with Gasteiger partial charge in [-0.2, -0.15) is 10.3 Å². The van der Waals surface area contributed by atoms with E-state index in [0.717, 1.165) is 11.3 Å². The van der Waals surface area contributed by atoms with Crippen molar-refractivity contribution in [3.8, 4) is 6.19 Å². The number of nitrogens with zero attached hydrogens (tertiary/aromatic N) is 3. The highest BCUT2D eigenvalue weighted by atomic mass is 35.5. The third-order valence-corrected chi connectivity index (χ3v) is 6.82. The highest BCUT2D eigenvalue weighted by Crippen LogP contribution is 2.31. The number of hydrogen-bond donors (Lipinski definition) is 2. The number of nitriles is 1. The molecule has 1 atom stereocenters. The lowest BCUT2D eigenvalue weighted by atomic mass is 9.97. The number of thiophene rings is 1. The molecule has 0 aliphatic carbocycles. The lowest BCUT2D eigenvalue weighted by molar-refractivity contribution is -0.122. The first kappa shape index (κ1) is 23.5. The lowest BCUT2D eigenvalue weighted by Gasteiger charge is -2.30. The Balaban J connectivity index is 1.51. The molecule has 2 aliphatic heterocycles. The molecule has 2 N–H and O–H groups in total. The Bertz CT molecular complexity index is 1140. The molecule has 2 fully saturated rings. The van der Waals surface area contributed by atoms with E-state index in [4.69, 9.17) is 37.9 Å². The van der Waals surface area contributed by atoms with E-state index in [-0.39, 0.29) is 13.2 Å². The van der Waals surface area contributed by atoms with Crippen LogP contribution in [-0.4, -0.2) is 56.2 Å². The van der Waals surface area contributed by atoms with Crippen molar-refractivity contribution < 1.29 is 19.1 Å². The average Bonchev–Trinajstić information content (AvgIpc) is 3.45. The molecule has 2 amide bonds. The molecule has 33 heavy (non-hydrogen) atoms. The first-order chi connectivity index (χ1) is 15.9. The zero-order valence-electron chi connectivity index (χ0n) is 17.3. The maximum Gasteiger partial charge on any atom is 0.262 e. The predicted molar refractivity (Wildman–Crippen MR) is 126 cm³/mol. The smallest absolute Gasteiger partial charge is 0.262 e. The van der Waals surface area contributed by atoms with Crippen LogP contribution in [0, 0.1) is 11.5 Å². The minimum Gasteiger partial charge on any atom is -0.378 e. The summed E-state index contributed by atoms with van der Waals surface area (Å²) >= 11 is 13.6. The Hall–Kier alpha value is -2.68. The fraction of sp³-hybridized carbons (Fsp3) is 0.333. The number of rotatable bonds is 5. The summed E-state index contributed by atoms with van der Waals surface area (Å²) in [6, 6.07) is 8.28. The quantitative estimate of drug-likeness (QED) is 0.599. The number of nitrogens with one attached hydrogen (secondary N) is 2. The van der Waals surface area contributed by atoms with Crippen molar-refractivity contribution in [3.63, 3.8) is 0 Å². The molecule has 2 saturated heterocycles. The number of benzene rings is 1. The average molecular weight is 508 g/mol. The summed E-state index contributed by atoms with van der Waals surface area (Å²) in [5.74, 6) is -0.337. The van der Waals surface area contributed by atoms with Crippen molar-refractivity contribution in [2.75, 3.05) is 43.2 Å². The first-order valence-electron chi connectivity index (χ1n) is 9.99. The van der Waals surface area contributed by atoms with E-state index in [1.54, 1.807) is 41.4 Å². The van der Waals surface area contributed by atoms with Gasteiger partial charge in [0.25, 0.3) is 11.8 Å². The van der Waals surface area contributed by atoms with E-state index < -0.39 is 17.4 Å². The third kappa shape index (κ3) is 5.13. The van der Waals surface area contributed by atoms with Crippen LogP contribution in [-0.2, 0) is 14.3 Å². The van der Waals surface area contributed by atoms with Gasteiger partial charge in [-0.25, -0.2) is 0 Å². The summed E-state index contributed by atoms with van der Waals surface area (Å²) in [7, 11) is 0. The normalized spacial score (nSPS) is 21.6. The maximum absolute atomic E-state index is 13.2. The molecule has 172 valence electrons. The molecule has 1 aromatic carbocycles. The number of amidine groups is 1. The van der Waals surface area contributed by atoms with Crippen LogP contribution in [0.1, 0.15) is 16.1 Å². The second-order valence-electron chi connectivity index (χ2n) is 7.40. The summed E-state index contributed by atoms with van der Waals surface area (Å²) in [5, 5.41) is 14.9. The third-order valence-electron chi connectivity index (χ3n) is 5.28. The zero-order chi connectivity index (χ0) is 23.4. The standard InChI is InChI=1S/C21H19Cl2N5O4S/c22-14-9-13(1-2-15(14)28-6-8-31-10-18(28)25-12-24)26-20(30)21(5-7-32-11-21)27-19(29)16-3-4-17(23)33-16/h1-4,9H,5-8,10-11H2,(H,26,30)(H,27,29). The van der Waals surface area contributed by atoms with Crippen LogP contribution in [0.5, 0.6) is 0 Å². The molecule has 9 nitrogen and oxygen atoms in total. The zero-order valence-corrected chi connectivity index (χ0v) is 19.6. The van der Waals surface area contributed by atoms with Gasteiger partial charge in [0.2, 0.25) is 6.19 Å². The van der Waals surface area contributed by atoms with Gasteiger partial charge in [-0.15, -0.1) is 11.3 Å². The Kier molecular flexibility index (Phi) is 7.17. The molecule has 4 rings (SSSR count). The second-order valence-corrected chi connectivity index (χ2v) is 9.52. The van der Waals surface area contributed by atoms with Crippen molar-refractivity contribution in [1.29, 1.82) is 5.26 Å². The molecule has 1 unspecified atom stereocenters. The Labute approximate surface area is 203 Å². The molecule has 3 heterocycles. The van der Waals surface area contributed by atoms with E-state index in [0.29, 0.717) is 57.6 Å². The van der Waals surface area contributed by atoms with E-state index in [1.807, 2.05) is 0 Å². The number of aliphatic imine (C=N–C) groups is 1. The van der Waals surface area contributed by atoms with Gasteiger partial charge in [-0.3, -0.25) is 9.59 Å². The summed E-state index contributed by atoms with van der Waals surface area (Å²) in [4.78, 5) is 31.9. The summed E-state index contributed by atoms with van der Waals surface area (Å²) in [6.45, 7) is 1.57. The van der Waals surface area contributed by atoms with Crippen LogP contribution in [0.2, 0.25) is 9.36 Å². The van der Waals surface area contributed by atoms with E-state index in [1.165, 1.54) is 0 Å². The van der Waals surface area contributed by atoms with E-state index in [2.05, 4.69) is 15.6 Å². The highest BCUT2D eigenvalue weighted by molar-refractivity contribution is 7.18. The van der Waals surface area contributed by atoms with Gasteiger partial charge >= 0.3 is 0 Å². The molecule has 2 aliphatic rings. The number of halogens is 2. The molecule has 12 heteroatoms. The Morgan fingerprint density at radius 2 is 2.06 bits per heavy atom. The van der Waals surface area contributed by atoms with Gasteiger partial charge in [0.1, 0.15) is 18.0 Å². The number of carbonyl (C=O) groups excluding carboxylic acids is 2. The molecule has 0 radical (unpaired) electrons. The van der Waals surface area contributed by atoms with Crippen molar-refractivity contribution in [2.45, 2.75) is 12.0 Å². The fourth-order valence-electron chi connectivity index (χ4n) is 3.61. The second kappa shape index (κ2) is 10.1. The molecule has 0 bridgehead atoms. The minimum atomic E-state index is -1.21. The van der Waals surface area contributed by atoms with E-state index >= 15 is 0 Å². The molecular weight excluding hydrogens is 489 g/mol. The maximum atomic E-state index is 13.2. The van der Waals surface area contributed by atoms with Crippen molar-refractivity contribution >= 4 is 63.6 Å². The minimum absolute atomic E-state index is 0.0528. The monoisotopic (exact) mass is 507 g/mol. The Morgan fingerprint density at radius 1 is 1.21 bits per heavy atom. The van der Waals surface area contributed by atoms with Crippen LogP contribution in [0.3, 0.4) is 0 Å². The van der Waals surface area contributed by atoms with Gasteiger partial charge in [-0.05, 0) is 30.3 Å². The molecule has 2 aromatic rings. The van der Waals surface area contributed by atoms with Crippen LogP contribution in [0.4, 0.5) is 11.4 Å². The lowest BCUT2D eigenvalue weighted by Crippen LogP contribution is -2.57. The van der Waals surface area contributed by atoms with Gasteiger partial charge < -0.3 is 25.0 Å². The largest absolute Gasteiger partial charge is 0.378 e. The topological polar surface area (TPSA) is 116 Å². The highest BCUT2D eigenvalue weighted by Gasteiger charge is 2.44. The predicted octanol–water partition coefficient (Wildman–Crippen LogP) is 3.30. The first-order valence-corrected chi connectivity index (χ1v) is 11.6. The molecule has 1 aromatic heterocycles. The number of amides is 2. The van der Waals surface area contributed by atoms with Crippen LogP contribution < -0.4 is 15.5 Å². The molecule has 0 spiro atoms. The van der Waals surface area contributed by atoms with Crippen LogP contribution >= 0.6 is 34.5 Å². The number of carbonyl (C=O) groups is 2. The molecule has 0 saturated carbocycles. The van der Waals surface area contributed by atoms with Crippen molar-refractivity contribution in [3.05, 3.63) is 44.6 Å². The van der Waals surface area contributed by atoms with Crippen molar-refractivity contribution in [1.82, 2.24) is 5.32 Å². The van der Waals surface area contributed by atoms with Gasteiger partial charge in [0.05, 0.1) is 33.1 Å². The fourth-order valence-corrected chi connectivity index (χ4v) is 4.83. The van der Waals surface area contributed by atoms with Crippen LogP contribution in [0.15, 0.2) is 35.3 Å². The number of anilines is 2. The van der Waals surface area contributed by atoms with Gasteiger partial charge in [-0.1, -0.05) is 23.2 Å². The van der Waals surface area contributed by atoms with Gasteiger partial charge in [0, 0.05) is 25.3 Å². The summed E-state index contributed by atoms with van der Waals surface area (Å²) < 4.78 is 11.3. The van der Waals surface area contributed by atoms with E-state index in [9.17, 15) is 9.59 Å². The number of hydrogen-bond acceptors (Lipinski definition) is 7. The van der Waals surface area contributed by atoms with Crippen molar-refractivity contribution in [2.24, 2.45) is 4.99 Å².